The Kier molecular flexibility index (Phi) is 2.26. The minimum atomic E-state index is -0.289. The minimum Gasteiger partial charge on any atom is -0.495 e. The van der Waals surface area contributed by atoms with Gasteiger partial charge in [-0.15, -0.1) is 11.3 Å². The van der Waals surface area contributed by atoms with E-state index in [-0.39, 0.29) is 5.82 Å². The first-order valence-electron chi connectivity index (χ1n) is 3.63. The summed E-state index contributed by atoms with van der Waals surface area (Å²) >= 11 is 4.74. The molecule has 0 N–H and O–H groups in total. The predicted molar refractivity (Wildman–Crippen MR) is 56.0 cm³/mol. The van der Waals surface area contributed by atoms with E-state index in [0.717, 1.165) is 10.1 Å². The summed E-state index contributed by atoms with van der Waals surface area (Å²) in [5.41, 5.74) is 0. The number of hydrogen-bond donors (Lipinski definition) is 0. The van der Waals surface area contributed by atoms with E-state index in [9.17, 15) is 4.39 Å². The highest BCUT2D eigenvalue weighted by Crippen LogP contribution is 2.37. The Hall–Kier alpha value is -0.610. The van der Waals surface area contributed by atoms with Crippen LogP contribution in [0, 0.1) is 5.82 Å². The monoisotopic (exact) mass is 260 g/mol. The van der Waals surface area contributed by atoms with E-state index in [1.54, 1.807) is 7.11 Å². The van der Waals surface area contributed by atoms with Crippen LogP contribution in [-0.2, 0) is 0 Å². The van der Waals surface area contributed by atoms with E-state index in [2.05, 4.69) is 15.9 Å². The van der Waals surface area contributed by atoms with E-state index >= 15 is 0 Å². The third kappa shape index (κ3) is 1.34. The Bertz CT molecular complexity index is 452. The lowest BCUT2D eigenvalue weighted by molar-refractivity contribution is 0.417. The van der Waals surface area contributed by atoms with Crippen molar-refractivity contribution >= 4 is 37.4 Å². The molecule has 1 nitrogen and oxygen atoms in total. The second-order valence-electron chi connectivity index (χ2n) is 2.54. The van der Waals surface area contributed by atoms with Gasteiger partial charge in [0, 0.05) is 11.5 Å². The van der Waals surface area contributed by atoms with Crippen LogP contribution in [0.15, 0.2) is 22.0 Å². The molecule has 4 heteroatoms. The second kappa shape index (κ2) is 3.27. The average Bonchev–Trinajstić information content (AvgIpc) is 2.60. The van der Waals surface area contributed by atoms with Gasteiger partial charge in [-0.3, -0.25) is 0 Å². The van der Waals surface area contributed by atoms with Crippen molar-refractivity contribution in [1.82, 2.24) is 0 Å². The summed E-state index contributed by atoms with van der Waals surface area (Å²) in [4.78, 5) is 0. The lowest BCUT2D eigenvalue weighted by atomic mass is 10.2. The van der Waals surface area contributed by atoms with Crippen molar-refractivity contribution < 1.29 is 9.13 Å². The summed E-state index contributed by atoms with van der Waals surface area (Å²) in [6.07, 6.45) is 0. The van der Waals surface area contributed by atoms with E-state index in [0.29, 0.717) is 10.2 Å². The molecule has 0 bridgehead atoms. The van der Waals surface area contributed by atoms with Gasteiger partial charge in [-0.1, -0.05) is 0 Å². The first-order chi connectivity index (χ1) is 6.24. The maximum absolute atomic E-state index is 13.3. The fourth-order valence-corrected chi connectivity index (χ4v) is 2.67. The molecular weight excluding hydrogens is 255 g/mol. The summed E-state index contributed by atoms with van der Waals surface area (Å²) in [5, 5.41) is 2.78. The van der Waals surface area contributed by atoms with Crippen LogP contribution in [0.2, 0.25) is 0 Å². The molecule has 1 aromatic carbocycles. The molecule has 0 aliphatic heterocycles. The van der Waals surface area contributed by atoms with E-state index in [1.165, 1.54) is 17.4 Å². The Morgan fingerprint density at radius 2 is 2.31 bits per heavy atom. The van der Waals surface area contributed by atoms with Crippen LogP contribution in [0.3, 0.4) is 0 Å². The highest BCUT2D eigenvalue weighted by Gasteiger charge is 2.11. The molecule has 0 spiro atoms. The quantitative estimate of drug-likeness (QED) is 0.758. The molecule has 0 unspecified atom stereocenters. The van der Waals surface area contributed by atoms with Crippen LogP contribution in [0.25, 0.3) is 10.1 Å². The highest BCUT2D eigenvalue weighted by molar-refractivity contribution is 9.10. The average molecular weight is 261 g/mol. The second-order valence-corrected chi connectivity index (χ2v) is 4.25. The molecule has 0 aliphatic rings. The van der Waals surface area contributed by atoms with E-state index in [4.69, 9.17) is 4.74 Å². The molecule has 0 saturated heterocycles. The topological polar surface area (TPSA) is 9.23 Å². The molecule has 0 amide bonds. The van der Waals surface area contributed by atoms with Gasteiger partial charge in [-0.2, -0.15) is 0 Å². The molecule has 0 fully saturated rings. The molecule has 0 aliphatic carbocycles. The number of rotatable bonds is 1. The highest BCUT2D eigenvalue weighted by atomic mass is 79.9. The summed E-state index contributed by atoms with van der Waals surface area (Å²) in [7, 11) is 1.54. The maximum atomic E-state index is 13.3. The summed E-state index contributed by atoms with van der Waals surface area (Å²) in [5.74, 6) is 0.299. The smallest absolute Gasteiger partial charge is 0.141 e. The van der Waals surface area contributed by atoms with Crippen molar-refractivity contribution in [2.24, 2.45) is 0 Å². The van der Waals surface area contributed by atoms with Crippen LogP contribution < -0.4 is 4.74 Å². The molecule has 68 valence electrons. The lowest BCUT2D eigenvalue weighted by Gasteiger charge is -2.03. The number of thiophene rings is 1. The molecule has 0 saturated carbocycles. The molecule has 2 rings (SSSR count). The lowest BCUT2D eigenvalue weighted by Crippen LogP contribution is -1.85. The van der Waals surface area contributed by atoms with Crippen LogP contribution in [-0.4, -0.2) is 7.11 Å². The van der Waals surface area contributed by atoms with Crippen molar-refractivity contribution in [2.45, 2.75) is 0 Å². The van der Waals surface area contributed by atoms with Gasteiger partial charge >= 0.3 is 0 Å². The Balaban J connectivity index is 2.87. The largest absolute Gasteiger partial charge is 0.495 e. The fourth-order valence-electron chi connectivity index (χ4n) is 1.20. The third-order valence-corrected chi connectivity index (χ3v) is 3.55. The van der Waals surface area contributed by atoms with Gasteiger partial charge in [-0.25, -0.2) is 4.39 Å². The number of ether oxygens (including phenoxy) is 1. The number of methoxy groups -OCH3 is 1. The first kappa shape index (κ1) is 8.97. The van der Waals surface area contributed by atoms with Crippen molar-refractivity contribution in [3.63, 3.8) is 0 Å². The van der Waals surface area contributed by atoms with Gasteiger partial charge in [0.1, 0.15) is 11.6 Å². The van der Waals surface area contributed by atoms with Crippen LogP contribution in [0.4, 0.5) is 4.39 Å². The Morgan fingerprint density at radius 1 is 1.54 bits per heavy atom. The number of fused-ring (bicyclic) bond motifs is 1. The van der Waals surface area contributed by atoms with Gasteiger partial charge in [0.2, 0.25) is 0 Å². The van der Waals surface area contributed by atoms with Crippen LogP contribution in [0.5, 0.6) is 5.75 Å². The van der Waals surface area contributed by atoms with E-state index in [1.807, 2.05) is 11.4 Å². The van der Waals surface area contributed by atoms with E-state index < -0.39 is 0 Å². The maximum Gasteiger partial charge on any atom is 0.141 e. The molecule has 1 heterocycles. The van der Waals surface area contributed by atoms with Gasteiger partial charge in [0.15, 0.2) is 0 Å². The zero-order chi connectivity index (χ0) is 9.42. The van der Waals surface area contributed by atoms with Gasteiger partial charge < -0.3 is 4.74 Å². The van der Waals surface area contributed by atoms with Crippen LogP contribution in [0.1, 0.15) is 0 Å². The van der Waals surface area contributed by atoms with Crippen molar-refractivity contribution in [3.8, 4) is 5.75 Å². The fraction of sp³-hybridized carbons (Fsp3) is 0.111. The van der Waals surface area contributed by atoms with Crippen LogP contribution >= 0.6 is 27.3 Å². The molecule has 0 atom stereocenters. The zero-order valence-electron chi connectivity index (χ0n) is 6.80. The molecule has 13 heavy (non-hydrogen) atoms. The van der Waals surface area contributed by atoms with Crippen molar-refractivity contribution in [2.75, 3.05) is 7.11 Å². The van der Waals surface area contributed by atoms with Gasteiger partial charge in [0.05, 0.1) is 16.3 Å². The summed E-state index contributed by atoms with van der Waals surface area (Å²) in [6.45, 7) is 0. The zero-order valence-corrected chi connectivity index (χ0v) is 9.21. The number of halogens is 2. The van der Waals surface area contributed by atoms with Crippen molar-refractivity contribution in [3.05, 3.63) is 27.8 Å². The standard InChI is InChI=1S/C9H6BrFOS/c1-12-7-4-6(11)8(10)5-2-3-13-9(5)7/h2-4H,1H3. The Labute approximate surface area is 87.3 Å². The summed E-state index contributed by atoms with van der Waals surface area (Å²) < 4.78 is 19.8. The Morgan fingerprint density at radius 3 is 3.00 bits per heavy atom. The minimum absolute atomic E-state index is 0.289. The third-order valence-electron chi connectivity index (χ3n) is 1.81. The molecular formula is C9H6BrFOS. The van der Waals surface area contributed by atoms with Gasteiger partial charge in [0.25, 0.3) is 0 Å². The molecule has 1 aromatic heterocycles. The summed E-state index contributed by atoms with van der Waals surface area (Å²) in [6, 6.07) is 3.26. The number of benzene rings is 1. The van der Waals surface area contributed by atoms with Crippen molar-refractivity contribution in [1.29, 1.82) is 0 Å². The number of hydrogen-bond acceptors (Lipinski definition) is 2. The first-order valence-corrected chi connectivity index (χ1v) is 5.30. The molecule has 2 aromatic rings. The van der Waals surface area contributed by atoms with Gasteiger partial charge in [-0.05, 0) is 27.4 Å². The normalized spacial score (nSPS) is 10.7. The predicted octanol–water partition coefficient (Wildman–Crippen LogP) is 3.81. The molecule has 0 radical (unpaired) electrons. The SMILES string of the molecule is COc1cc(F)c(Br)c2ccsc12.